The molecule has 0 aliphatic heterocycles. The van der Waals surface area contributed by atoms with Crippen LogP contribution in [0.25, 0.3) is 16.5 Å². The Hall–Kier alpha value is -2.34. The monoisotopic (exact) mass is 420 g/mol. The standard InChI is InChI=1S/C15H16O2Si.4CO.Cr/c1-18(2,3)17-15(11-16)14-10-6-8-12-7-4-5-9-13(12)14;4*1-2;/h4-10H,1-3H3;;;;;. The number of hydrogen-bond acceptors (Lipinski definition) is 2. The Balaban J connectivity index is -0.000000261. The summed E-state index contributed by atoms with van der Waals surface area (Å²) in [6, 6.07) is 13.8. The van der Waals surface area contributed by atoms with Crippen molar-refractivity contribution in [1.29, 1.82) is 0 Å². The van der Waals surface area contributed by atoms with Crippen LogP contribution >= 0.6 is 0 Å². The number of hydrogen-bond donors (Lipinski definition) is 0. The van der Waals surface area contributed by atoms with Crippen molar-refractivity contribution in [3.8, 4) is 0 Å². The molecule has 0 fully saturated rings. The molecule has 0 bridgehead atoms. The van der Waals surface area contributed by atoms with E-state index in [1.165, 1.54) is 0 Å². The Morgan fingerprint density at radius 1 is 0.852 bits per heavy atom. The SMILES string of the molecule is C[Si](C)(C)OC(=C=O)c1cccc2ccccc12.[C-]#[O+].[C-]#[O+].[C-]#[O+].[C-]#[O+].[Cr]. The maximum absolute atomic E-state index is 11.2. The predicted octanol–water partition coefficient (Wildman–Crippen LogP) is 3.71. The molecule has 2 aromatic rings. The van der Waals surface area contributed by atoms with Gasteiger partial charge in [0.1, 0.15) is 0 Å². The molecule has 0 heterocycles. The first-order valence-electron chi connectivity index (χ1n) is 6.75. The molecular formula is C19H16CrO6Si. The summed E-state index contributed by atoms with van der Waals surface area (Å²) < 4.78 is 35.8. The van der Waals surface area contributed by atoms with Gasteiger partial charge in [-0.1, -0.05) is 36.4 Å². The molecule has 138 valence electrons. The average molecular weight is 420 g/mol. The zero-order chi connectivity index (χ0) is 21.2. The number of fused-ring (bicyclic) bond motifs is 1. The van der Waals surface area contributed by atoms with Crippen molar-refractivity contribution in [1.82, 2.24) is 0 Å². The fraction of sp³-hybridized carbons (Fsp3) is 0.158. The van der Waals surface area contributed by atoms with E-state index in [4.69, 9.17) is 23.0 Å². The maximum Gasteiger partial charge on any atom is 0 e. The summed E-state index contributed by atoms with van der Waals surface area (Å²) in [4.78, 5) is 11.2. The summed E-state index contributed by atoms with van der Waals surface area (Å²) in [5.41, 5.74) is 0.825. The third kappa shape index (κ3) is 12.6. The smallest absolute Gasteiger partial charge is 0 e. The molecule has 0 aliphatic rings. The Labute approximate surface area is 170 Å². The first-order valence-corrected chi connectivity index (χ1v) is 10.2. The molecule has 0 unspecified atom stereocenters. The average Bonchev–Trinajstić information content (AvgIpc) is 2.71. The van der Waals surface area contributed by atoms with Crippen LogP contribution in [0.15, 0.2) is 42.5 Å². The van der Waals surface area contributed by atoms with E-state index in [-0.39, 0.29) is 17.4 Å². The van der Waals surface area contributed by atoms with Gasteiger partial charge >= 0.3 is 45.2 Å². The van der Waals surface area contributed by atoms with E-state index in [1.807, 2.05) is 48.4 Å². The van der Waals surface area contributed by atoms with Crippen molar-refractivity contribution in [3.05, 3.63) is 74.6 Å². The van der Waals surface area contributed by atoms with Crippen LogP contribution in [0.2, 0.25) is 19.6 Å². The second-order valence-corrected chi connectivity index (χ2v) is 9.60. The van der Waals surface area contributed by atoms with Crippen LogP contribution in [0.5, 0.6) is 0 Å². The Bertz CT molecular complexity index is 767. The molecule has 0 aromatic heterocycles. The van der Waals surface area contributed by atoms with Gasteiger partial charge in [0.25, 0.3) is 0 Å². The van der Waals surface area contributed by atoms with Crippen molar-refractivity contribution in [2.45, 2.75) is 19.6 Å². The molecule has 0 saturated heterocycles. The van der Waals surface area contributed by atoms with E-state index in [0.29, 0.717) is 5.76 Å². The van der Waals surface area contributed by atoms with Gasteiger partial charge in [0.15, 0.2) is 11.7 Å². The topological polar surface area (TPSA) is 106 Å². The van der Waals surface area contributed by atoms with Crippen molar-refractivity contribution < 1.29 is 45.2 Å². The van der Waals surface area contributed by atoms with Crippen LogP contribution in [0.4, 0.5) is 0 Å². The van der Waals surface area contributed by atoms with Gasteiger partial charge in [0.2, 0.25) is 8.32 Å². The molecule has 0 atom stereocenters. The summed E-state index contributed by atoms with van der Waals surface area (Å²) in [7, 11) is -1.81. The van der Waals surface area contributed by atoms with Crippen LogP contribution in [0.1, 0.15) is 5.56 Å². The van der Waals surface area contributed by atoms with E-state index >= 15 is 0 Å². The molecule has 27 heavy (non-hydrogen) atoms. The molecule has 0 spiro atoms. The summed E-state index contributed by atoms with van der Waals surface area (Å²) in [6.07, 6.45) is 0. The van der Waals surface area contributed by atoms with Crippen LogP contribution in [0, 0.1) is 26.6 Å². The summed E-state index contributed by atoms with van der Waals surface area (Å²) in [6.45, 7) is 24.2. The van der Waals surface area contributed by atoms with Gasteiger partial charge in [-0.25, -0.2) is 4.79 Å². The minimum absolute atomic E-state index is 0. The third-order valence-electron chi connectivity index (χ3n) is 2.54. The molecule has 2 aromatic carbocycles. The molecule has 6 nitrogen and oxygen atoms in total. The van der Waals surface area contributed by atoms with E-state index in [2.05, 4.69) is 46.2 Å². The summed E-state index contributed by atoms with van der Waals surface area (Å²) in [5, 5.41) is 2.12. The van der Waals surface area contributed by atoms with Gasteiger partial charge in [-0.3, -0.25) is 0 Å². The van der Waals surface area contributed by atoms with Crippen molar-refractivity contribution in [3.63, 3.8) is 0 Å². The minimum atomic E-state index is -1.81. The zero-order valence-electron chi connectivity index (χ0n) is 14.9. The molecule has 0 aliphatic carbocycles. The Morgan fingerprint density at radius 3 is 1.74 bits per heavy atom. The van der Waals surface area contributed by atoms with Gasteiger partial charge in [-0.2, -0.15) is 0 Å². The van der Waals surface area contributed by atoms with Gasteiger partial charge < -0.3 is 4.43 Å². The van der Waals surface area contributed by atoms with Gasteiger partial charge in [-0.05, 0) is 36.5 Å². The van der Waals surface area contributed by atoms with Crippen LogP contribution in [-0.2, 0) is 45.2 Å². The first kappa shape index (κ1) is 32.3. The fourth-order valence-corrected chi connectivity index (χ4v) is 2.62. The molecule has 8 heteroatoms. The summed E-state index contributed by atoms with van der Waals surface area (Å²) >= 11 is 0. The second kappa shape index (κ2) is 20.0. The minimum Gasteiger partial charge on any atom is 0 e. The maximum atomic E-state index is 11.2. The summed E-state index contributed by atoms with van der Waals surface area (Å²) in [5.74, 6) is 2.27. The van der Waals surface area contributed by atoms with E-state index in [0.717, 1.165) is 16.3 Å². The van der Waals surface area contributed by atoms with E-state index in [1.54, 1.807) is 0 Å². The zero-order valence-corrected chi connectivity index (χ0v) is 17.2. The molecule has 0 radical (unpaired) electrons. The van der Waals surface area contributed by atoms with Crippen molar-refractivity contribution in [2.75, 3.05) is 0 Å². The number of benzene rings is 2. The Morgan fingerprint density at radius 2 is 1.30 bits per heavy atom. The molecule has 0 saturated carbocycles. The molecular weight excluding hydrogens is 404 g/mol. The molecule has 2 rings (SSSR count). The Kier molecular flexibility index (Phi) is 23.9. The third-order valence-corrected chi connectivity index (χ3v) is 3.35. The first-order chi connectivity index (χ1) is 12.5. The number of carbonyl (C=O) groups excluding carboxylic acids is 1. The van der Waals surface area contributed by atoms with Gasteiger partial charge in [0.05, 0.1) is 0 Å². The van der Waals surface area contributed by atoms with Gasteiger partial charge in [0, 0.05) is 22.9 Å². The quantitative estimate of drug-likeness (QED) is 0.248. The van der Waals surface area contributed by atoms with Crippen molar-refractivity contribution >= 4 is 30.8 Å². The molecule has 0 amide bonds. The van der Waals surface area contributed by atoms with Crippen LogP contribution in [0.3, 0.4) is 0 Å². The van der Waals surface area contributed by atoms with Crippen molar-refractivity contribution in [2.24, 2.45) is 0 Å². The largest absolute Gasteiger partial charge is 0 e. The fourth-order valence-electron chi connectivity index (χ4n) is 1.86. The van der Waals surface area contributed by atoms with E-state index < -0.39 is 8.32 Å². The molecule has 0 N–H and O–H groups in total. The predicted molar refractivity (Wildman–Crippen MR) is 93.2 cm³/mol. The van der Waals surface area contributed by atoms with Crippen LogP contribution in [-0.4, -0.2) is 14.3 Å². The normalized spacial score (nSPS) is 7.67. The van der Waals surface area contributed by atoms with Gasteiger partial charge in [-0.15, -0.1) is 0 Å². The second-order valence-electron chi connectivity index (χ2n) is 5.17. The van der Waals surface area contributed by atoms with E-state index in [9.17, 15) is 4.79 Å². The number of rotatable bonds is 3. The van der Waals surface area contributed by atoms with Crippen LogP contribution < -0.4 is 0 Å².